The van der Waals surface area contributed by atoms with Crippen molar-refractivity contribution in [2.75, 3.05) is 0 Å². The molecule has 1 N–H and O–H groups in total. The number of hydrogen-bond donors (Lipinski definition) is 1. The van der Waals surface area contributed by atoms with E-state index in [0.29, 0.717) is 5.56 Å². The number of carboxylic acid groups (broad SMARTS) is 1. The van der Waals surface area contributed by atoms with Crippen LogP contribution in [0.25, 0.3) is 0 Å². The monoisotopic (exact) mass is 276 g/mol. The van der Waals surface area contributed by atoms with E-state index >= 15 is 0 Å². The molecular formula is C14H12O4S. The van der Waals surface area contributed by atoms with E-state index in [4.69, 9.17) is 9.84 Å². The van der Waals surface area contributed by atoms with E-state index in [9.17, 15) is 9.59 Å². The fourth-order valence-corrected chi connectivity index (χ4v) is 2.32. The molecule has 5 heteroatoms. The average Bonchev–Trinajstić information content (AvgIpc) is 2.91. The van der Waals surface area contributed by atoms with Crippen LogP contribution in [0, 0.1) is 0 Å². The summed E-state index contributed by atoms with van der Waals surface area (Å²) in [7, 11) is 0. The summed E-state index contributed by atoms with van der Waals surface area (Å²) in [5.74, 6) is -3.19. The Morgan fingerprint density at radius 3 is 2.53 bits per heavy atom. The molecule has 0 fully saturated rings. The van der Waals surface area contributed by atoms with Crippen molar-refractivity contribution in [3.8, 4) is 0 Å². The molecule has 2 rings (SSSR count). The van der Waals surface area contributed by atoms with Gasteiger partial charge < -0.3 is 9.84 Å². The number of carbonyl (C=O) groups is 2. The van der Waals surface area contributed by atoms with Gasteiger partial charge in [0.2, 0.25) is 0 Å². The summed E-state index contributed by atoms with van der Waals surface area (Å²) < 4.78 is 5.06. The lowest BCUT2D eigenvalue weighted by atomic mass is 10.0. The summed E-state index contributed by atoms with van der Waals surface area (Å²) in [6.45, 7) is 0.0770. The van der Waals surface area contributed by atoms with E-state index in [2.05, 4.69) is 0 Å². The SMILES string of the molecule is O=C(O)C(C(=O)OCc1ccccc1)c1ccsc1. The molecule has 0 aliphatic carbocycles. The zero-order valence-electron chi connectivity index (χ0n) is 9.98. The first-order valence-electron chi connectivity index (χ1n) is 5.64. The van der Waals surface area contributed by atoms with Gasteiger partial charge in [0.05, 0.1) is 0 Å². The van der Waals surface area contributed by atoms with Crippen LogP contribution in [0.1, 0.15) is 17.0 Å². The van der Waals surface area contributed by atoms with Crippen LogP contribution in [0.15, 0.2) is 47.2 Å². The minimum atomic E-state index is -1.25. The van der Waals surface area contributed by atoms with Crippen LogP contribution in [0.4, 0.5) is 0 Å². The third-order valence-electron chi connectivity index (χ3n) is 2.58. The Morgan fingerprint density at radius 1 is 1.21 bits per heavy atom. The third kappa shape index (κ3) is 3.42. The maximum absolute atomic E-state index is 11.9. The Labute approximate surface area is 114 Å². The molecular weight excluding hydrogens is 264 g/mol. The van der Waals surface area contributed by atoms with Gasteiger partial charge in [0, 0.05) is 0 Å². The molecule has 4 nitrogen and oxygen atoms in total. The van der Waals surface area contributed by atoms with Gasteiger partial charge in [-0.25, -0.2) is 0 Å². The zero-order valence-corrected chi connectivity index (χ0v) is 10.8. The Kier molecular flexibility index (Phi) is 4.30. The highest BCUT2D eigenvalue weighted by Crippen LogP contribution is 2.21. The quantitative estimate of drug-likeness (QED) is 0.673. The largest absolute Gasteiger partial charge is 0.480 e. The minimum Gasteiger partial charge on any atom is -0.480 e. The fraction of sp³-hybridized carbons (Fsp3) is 0.143. The first kappa shape index (κ1) is 13.3. The summed E-state index contributed by atoms with van der Waals surface area (Å²) in [6.07, 6.45) is 0. The van der Waals surface area contributed by atoms with Gasteiger partial charge in [0.25, 0.3) is 0 Å². The highest BCUT2D eigenvalue weighted by Gasteiger charge is 2.30. The average molecular weight is 276 g/mol. The summed E-state index contributed by atoms with van der Waals surface area (Å²) in [5.41, 5.74) is 1.28. The Hall–Kier alpha value is -2.14. The normalized spacial score (nSPS) is 11.8. The molecule has 19 heavy (non-hydrogen) atoms. The molecule has 2 aromatic rings. The molecule has 1 aromatic heterocycles. The topological polar surface area (TPSA) is 63.6 Å². The number of thiophene rings is 1. The summed E-state index contributed by atoms with van der Waals surface area (Å²) >= 11 is 1.35. The van der Waals surface area contributed by atoms with Gasteiger partial charge in [-0.3, -0.25) is 9.59 Å². The predicted octanol–water partition coefficient (Wildman–Crippen LogP) is 2.66. The molecule has 0 saturated heterocycles. The van der Waals surface area contributed by atoms with Crippen molar-refractivity contribution in [3.05, 3.63) is 58.3 Å². The molecule has 0 saturated carbocycles. The highest BCUT2D eigenvalue weighted by molar-refractivity contribution is 7.08. The van der Waals surface area contributed by atoms with Gasteiger partial charge in [-0.05, 0) is 28.0 Å². The second kappa shape index (κ2) is 6.15. The number of hydrogen-bond acceptors (Lipinski definition) is 4. The van der Waals surface area contributed by atoms with E-state index in [-0.39, 0.29) is 6.61 Å². The molecule has 0 spiro atoms. The van der Waals surface area contributed by atoms with Crippen molar-refractivity contribution in [1.29, 1.82) is 0 Å². The number of benzene rings is 1. The van der Waals surface area contributed by atoms with E-state index in [0.717, 1.165) is 5.56 Å². The number of rotatable bonds is 5. The van der Waals surface area contributed by atoms with Crippen LogP contribution in [0.2, 0.25) is 0 Å². The van der Waals surface area contributed by atoms with Crippen LogP contribution in [-0.2, 0) is 20.9 Å². The van der Waals surface area contributed by atoms with Crippen molar-refractivity contribution in [1.82, 2.24) is 0 Å². The third-order valence-corrected chi connectivity index (χ3v) is 3.28. The Morgan fingerprint density at radius 2 is 1.95 bits per heavy atom. The van der Waals surface area contributed by atoms with Gasteiger partial charge in [-0.2, -0.15) is 11.3 Å². The molecule has 0 bridgehead atoms. The van der Waals surface area contributed by atoms with Gasteiger partial charge in [-0.15, -0.1) is 0 Å². The summed E-state index contributed by atoms with van der Waals surface area (Å²) in [5, 5.41) is 12.5. The smallest absolute Gasteiger partial charge is 0.325 e. The van der Waals surface area contributed by atoms with Crippen molar-refractivity contribution in [2.45, 2.75) is 12.5 Å². The molecule has 1 unspecified atom stereocenters. The number of carbonyl (C=O) groups excluding carboxylic acids is 1. The molecule has 98 valence electrons. The molecule has 0 radical (unpaired) electrons. The van der Waals surface area contributed by atoms with Crippen LogP contribution in [0.5, 0.6) is 0 Å². The molecule has 1 atom stereocenters. The van der Waals surface area contributed by atoms with Crippen LogP contribution < -0.4 is 0 Å². The number of esters is 1. The van der Waals surface area contributed by atoms with Gasteiger partial charge in [0.1, 0.15) is 6.61 Å². The van der Waals surface area contributed by atoms with Crippen molar-refractivity contribution in [2.24, 2.45) is 0 Å². The van der Waals surface area contributed by atoms with E-state index in [1.807, 2.05) is 30.3 Å². The number of aliphatic carboxylic acids is 1. The van der Waals surface area contributed by atoms with Crippen molar-refractivity contribution < 1.29 is 19.4 Å². The minimum absolute atomic E-state index is 0.0770. The maximum Gasteiger partial charge on any atom is 0.325 e. The van der Waals surface area contributed by atoms with Crippen molar-refractivity contribution >= 4 is 23.3 Å². The second-order valence-corrected chi connectivity index (χ2v) is 4.70. The van der Waals surface area contributed by atoms with Gasteiger partial charge >= 0.3 is 11.9 Å². The molecule has 0 aliphatic heterocycles. The first-order valence-corrected chi connectivity index (χ1v) is 6.58. The molecule has 0 aliphatic rings. The lowest BCUT2D eigenvalue weighted by Crippen LogP contribution is -2.23. The maximum atomic E-state index is 11.9. The van der Waals surface area contributed by atoms with Crippen LogP contribution in [-0.4, -0.2) is 17.0 Å². The van der Waals surface area contributed by atoms with Gasteiger partial charge in [-0.1, -0.05) is 30.3 Å². The van der Waals surface area contributed by atoms with E-state index < -0.39 is 17.9 Å². The lowest BCUT2D eigenvalue weighted by Gasteiger charge is -2.10. The second-order valence-electron chi connectivity index (χ2n) is 3.92. The Bertz CT molecular complexity index is 548. The number of ether oxygens (including phenoxy) is 1. The summed E-state index contributed by atoms with van der Waals surface area (Å²) in [6, 6.07) is 10.8. The molecule has 1 heterocycles. The van der Waals surface area contributed by atoms with Crippen LogP contribution >= 0.6 is 11.3 Å². The number of carboxylic acids is 1. The molecule has 1 aromatic carbocycles. The van der Waals surface area contributed by atoms with Gasteiger partial charge in [0.15, 0.2) is 5.92 Å². The molecule has 0 amide bonds. The van der Waals surface area contributed by atoms with E-state index in [1.165, 1.54) is 11.3 Å². The first-order chi connectivity index (χ1) is 9.18. The standard InChI is InChI=1S/C14H12O4S/c15-13(16)12(11-6-7-19-9-11)14(17)18-8-10-4-2-1-3-5-10/h1-7,9,12H,8H2,(H,15,16). The van der Waals surface area contributed by atoms with E-state index in [1.54, 1.807) is 16.8 Å². The predicted molar refractivity (Wildman–Crippen MR) is 70.9 cm³/mol. The highest BCUT2D eigenvalue weighted by atomic mass is 32.1. The van der Waals surface area contributed by atoms with Crippen molar-refractivity contribution in [3.63, 3.8) is 0 Å². The zero-order chi connectivity index (χ0) is 13.7. The summed E-state index contributed by atoms with van der Waals surface area (Å²) in [4.78, 5) is 23.0. The fourth-order valence-electron chi connectivity index (χ4n) is 1.63. The lowest BCUT2D eigenvalue weighted by molar-refractivity contribution is -0.155. The Balaban J connectivity index is 2.03. The van der Waals surface area contributed by atoms with Crippen LogP contribution in [0.3, 0.4) is 0 Å².